The van der Waals surface area contributed by atoms with Gasteiger partial charge in [-0.3, -0.25) is 19.5 Å². The number of hydrogen-bond donors (Lipinski definition) is 1. The Balaban J connectivity index is 1.05. The minimum atomic E-state index is -0.769. The van der Waals surface area contributed by atoms with Crippen molar-refractivity contribution in [3.05, 3.63) is 70.0 Å². The number of anilines is 1. The van der Waals surface area contributed by atoms with Crippen LogP contribution < -0.4 is 4.90 Å². The van der Waals surface area contributed by atoms with Crippen LogP contribution in [0.25, 0.3) is 10.9 Å². The van der Waals surface area contributed by atoms with Crippen LogP contribution in [0.4, 0.5) is 5.69 Å². The second-order valence-electron chi connectivity index (χ2n) is 10.8. The number of morpholine rings is 1. The molecule has 2 atom stereocenters. The number of rotatable bonds is 3. The summed E-state index contributed by atoms with van der Waals surface area (Å²) in [5, 5.41) is 7.83. The van der Waals surface area contributed by atoms with Crippen LogP contribution >= 0.6 is 15.9 Å². The molecule has 1 aromatic heterocycles. The Kier molecular flexibility index (Phi) is 4.46. The number of benzene rings is 2. The summed E-state index contributed by atoms with van der Waals surface area (Å²) < 4.78 is 6.60. The number of ether oxygens (including phenoxy) is 1. The first-order chi connectivity index (χ1) is 18.4. The Morgan fingerprint density at radius 2 is 2.03 bits per heavy atom. The smallest absolute Gasteiger partial charge is 0.253 e. The van der Waals surface area contributed by atoms with E-state index in [0.29, 0.717) is 38.1 Å². The van der Waals surface area contributed by atoms with Gasteiger partial charge in [0.2, 0.25) is 11.8 Å². The lowest BCUT2D eigenvalue weighted by Crippen LogP contribution is -2.82. The third kappa shape index (κ3) is 2.69. The van der Waals surface area contributed by atoms with Crippen molar-refractivity contribution in [2.75, 3.05) is 31.1 Å². The minimum absolute atomic E-state index is 0.00131. The van der Waals surface area contributed by atoms with Gasteiger partial charge in [-0.1, -0.05) is 28.1 Å². The number of fused-ring (bicyclic) bond motifs is 3. The largest absolute Gasteiger partial charge is 0.364 e. The lowest BCUT2D eigenvalue weighted by atomic mass is 9.65. The van der Waals surface area contributed by atoms with E-state index < -0.39 is 5.41 Å². The molecule has 4 aliphatic heterocycles. The standard InChI is InChI=1S/C28H24BrN5O4/c29-18-2-1-3-20-24(18)27(26(37)33(20)14-23(35)34-21-6-7-28(21)22(34)15-38-28)8-10-32(11-9-27)25(36)16-4-5-19-17(12-16)13-30-31-19/h1-6,12-13,22H,7-11,14-15H2,(H,30,31). The molecule has 0 bridgehead atoms. The number of nitrogens with one attached hydrogen (secondary N) is 1. The Morgan fingerprint density at radius 3 is 2.74 bits per heavy atom. The lowest BCUT2D eigenvalue weighted by Gasteiger charge is -2.69. The van der Waals surface area contributed by atoms with Gasteiger partial charge < -0.3 is 19.4 Å². The molecule has 0 radical (unpaired) electrons. The van der Waals surface area contributed by atoms with Crippen LogP contribution in [-0.2, 0) is 19.7 Å². The summed E-state index contributed by atoms with van der Waals surface area (Å²) in [5.74, 6) is -0.178. The molecule has 8 rings (SSSR count). The maximum Gasteiger partial charge on any atom is 0.253 e. The van der Waals surface area contributed by atoms with E-state index in [-0.39, 0.29) is 35.9 Å². The number of likely N-dealkylation sites (tertiary alicyclic amines) is 2. The number of nitrogens with zero attached hydrogens (tertiary/aromatic N) is 4. The minimum Gasteiger partial charge on any atom is -0.364 e. The summed E-state index contributed by atoms with van der Waals surface area (Å²) in [7, 11) is 0. The quantitative estimate of drug-likeness (QED) is 0.519. The molecule has 2 aromatic carbocycles. The number of carbonyl (C=O) groups excluding carboxylic acids is 3. The van der Waals surface area contributed by atoms with Crippen LogP contribution in [0.5, 0.6) is 0 Å². The maximum absolute atomic E-state index is 14.1. The Bertz CT molecular complexity index is 1610. The molecule has 2 spiro atoms. The van der Waals surface area contributed by atoms with Gasteiger partial charge in [0.15, 0.2) is 0 Å². The molecule has 10 heteroatoms. The van der Waals surface area contributed by atoms with Gasteiger partial charge in [0.05, 0.1) is 35.5 Å². The summed E-state index contributed by atoms with van der Waals surface area (Å²) >= 11 is 3.70. The zero-order valence-electron chi connectivity index (χ0n) is 20.4. The molecular formula is C28H24BrN5O4. The highest BCUT2D eigenvalue weighted by atomic mass is 79.9. The molecule has 9 nitrogen and oxygen atoms in total. The van der Waals surface area contributed by atoms with E-state index in [1.54, 1.807) is 11.1 Å². The molecule has 0 saturated carbocycles. The molecule has 3 aromatic rings. The topological polar surface area (TPSA) is 98.8 Å². The number of aromatic amines is 1. The Morgan fingerprint density at radius 1 is 1.18 bits per heavy atom. The van der Waals surface area contributed by atoms with E-state index in [0.717, 1.165) is 38.7 Å². The monoisotopic (exact) mass is 573 g/mol. The van der Waals surface area contributed by atoms with Crippen molar-refractivity contribution in [1.29, 1.82) is 0 Å². The predicted molar refractivity (Wildman–Crippen MR) is 141 cm³/mol. The molecule has 3 amide bonds. The van der Waals surface area contributed by atoms with Crippen LogP contribution in [0.1, 0.15) is 35.2 Å². The molecule has 1 N–H and O–H groups in total. The van der Waals surface area contributed by atoms with Crippen LogP contribution in [0, 0.1) is 0 Å². The van der Waals surface area contributed by atoms with Crippen molar-refractivity contribution in [2.24, 2.45) is 0 Å². The van der Waals surface area contributed by atoms with Crippen LogP contribution in [-0.4, -0.2) is 75.6 Å². The number of piperidine rings is 1. The molecule has 3 fully saturated rings. The number of halogens is 1. The molecule has 2 unspecified atom stereocenters. The van der Waals surface area contributed by atoms with E-state index in [2.05, 4.69) is 26.1 Å². The van der Waals surface area contributed by atoms with Gasteiger partial charge in [-0.25, -0.2) is 0 Å². The number of aromatic nitrogens is 2. The number of amides is 3. The van der Waals surface area contributed by atoms with Crippen LogP contribution in [0.2, 0.25) is 0 Å². The Hall–Kier alpha value is -3.50. The lowest BCUT2D eigenvalue weighted by molar-refractivity contribution is -0.262. The average Bonchev–Trinajstić information content (AvgIpc) is 3.45. The molecular weight excluding hydrogens is 550 g/mol. The zero-order chi connectivity index (χ0) is 25.8. The van der Waals surface area contributed by atoms with Crippen LogP contribution in [0.15, 0.2) is 58.8 Å². The molecule has 5 heterocycles. The van der Waals surface area contributed by atoms with Gasteiger partial charge in [-0.2, -0.15) is 5.10 Å². The second-order valence-corrected chi connectivity index (χ2v) is 11.7. The third-order valence-corrected chi connectivity index (χ3v) is 9.87. The van der Waals surface area contributed by atoms with Gasteiger partial charge in [-0.15, -0.1) is 0 Å². The predicted octanol–water partition coefficient (Wildman–Crippen LogP) is 3.11. The van der Waals surface area contributed by atoms with Crippen molar-refractivity contribution in [3.8, 4) is 0 Å². The SMILES string of the molecule is O=C(c1ccc2[nH]ncc2c1)N1CCC2(CC1)C(=O)N(CC(=O)N1C3=CCC34OCC14)c1cccc(Br)c12. The second kappa shape index (κ2) is 7.54. The molecule has 192 valence electrons. The fourth-order valence-corrected chi connectivity index (χ4v) is 7.79. The van der Waals surface area contributed by atoms with Crippen molar-refractivity contribution >= 4 is 50.2 Å². The fourth-order valence-electron chi connectivity index (χ4n) is 7.06. The van der Waals surface area contributed by atoms with E-state index in [1.165, 1.54) is 0 Å². The molecule has 3 saturated heterocycles. The van der Waals surface area contributed by atoms with Crippen molar-refractivity contribution in [2.45, 2.75) is 36.3 Å². The highest BCUT2D eigenvalue weighted by Gasteiger charge is 2.70. The van der Waals surface area contributed by atoms with Gasteiger partial charge in [-0.05, 0) is 43.2 Å². The summed E-state index contributed by atoms with van der Waals surface area (Å²) in [6.45, 7) is 1.47. The van der Waals surface area contributed by atoms with Crippen LogP contribution in [0.3, 0.4) is 0 Å². The molecule has 38 heavy (non-hydrogen) atoms. The van der Waals surface area contributed by atoms with Gasteiger partial charge in [0.25, 0.3) is 5.91 Å². The van der Waals surface area contributed by atoms with Gasteiger partial charge >= 0.3 is 0 Å². The number of H-pyrrole nitrogens is 1. The zero-order valence-corrected chi connectivity index (χ0v) is 22.0. The summed E-state index contributed by atoms with van der Waals surface area (Å²) in [4.78, 5) is 46.2. The van der Waals surface area contributed by atoms with E-state index in [4.69, 9.17) is 4.74 Å². The number of carbonyl (C=O) groups is 3. The van der Waals surface area contributed by atoms with Crippen molar-refractivity contribution in [1.82, 2.24) is 20.0 Å². The average molecular weight is 574 g/mol. The highest BCUT2D eigenvalue weighted by Crippen LogP contribution is 2.58. The van der Waals surface area contributed by atoms with E-state index in [9.17, 15) is 14.4 Å². The summed E-state index contributed by atoms with van der Waals surface area (Å²) in [5.41, 5.74) is 3.16. The maximum atomic E-state index is 14.1. The van der Waals surface area contributed by atoms with Gasteiger partial charge in [0.1, 0.15) is 12.1 Å². The number of hydrogen-bond acceptors (Lipinski definition) is 5. The third-order valence-electron chi connectivity index (χ3n) is 9.21. The molecule has 1 aliphatic carbocycles. The molecule has 5 aliphatic rings. The van der Waals surface area contributed by atoms with Crippen molar-refractivity contribution in [3.63, 3.8) is 0 Å². The Labute approximate surface area is 226 Å². The van der Waals surface area contributed by atoms with Crippen molar-refractivity contribution < 1.29 is 19.1 Å². The van der Waals surface area contributed by atoms with Gasteiger partial charge in [0, 0.05) is 46.2 Å². The summed E-state index contributed by atoms with van der Waals surface area (Å²) in [6, 6.07) is 11.4. The van der Waals surface area contributed by atoms with E-state index in [1.807, 2.05) is 52.3 Å². The highest BCUT2D eigenvalue weighted by molar-refractivity contribution is 9.10. The first kappa shape index (κ1) is 22.5. The first-order valence-corrected chi connectivity index (χ1v) is 13.7. The van der Waals surface area contributed by atoms with E-state index >= 15 is 0 Å². The fraction of sp³-hybridized carbons (Fsp3) is 0.357. The normalized spacial score (nSPS) is 26.2. The summed E-state index contributed by atoms with van der Waals surface area (Å²) in [6.07, 6.45) is 5.62. The first-order valence-electron chi connectivity index (χ1n) is 12.9.